The number of nitrogens with zero attached hydrogens (tertiary/aromatic N) is 4. The van der Waals surface area contributed by atoms with Crippen molar-refractivity contribution in [3.8, 4) is 6.07 Å². The molecule has 0 saturated carbocycles. The number of aromatic nitrogens is 3. The van der Waals surface area contributed by atoms with E-state index in [0.717, 1.165) is 11.1 Å². The normalized spacial score (nSPS) is 10.6. The summed E-state index contributed by atoms with van der Waals surface area (Å²) >= 11 is 0. The standard InChI is InChI=1S/C18H18N6/c1-12(2)22-18-23-15-8-5-9-20-16(15)17(24-18)21-11-14-7-4-3-6-13(14)10-19/h3-9,12H,11H2,1-2H3,(H2,21,22,23,24). The second kappa shape index (κ2) is 6.92. The Hall–Kier alpha value is -3.20. The maximum absolute atomic E-state index is 9.20. The van der Waals surface area contributed by atoms with Crippen LogP contribution in [0.25, 0.3) is 11.0 Å². The SMILES string of the molecule is CC(C)Nc1nc(NCc2ccccc2C#N)c2ncccc2n1. The van der Waals surface area contributed by atoms with Crippen LogP contribution in [-0.2, 0) is 6.54 Å². The van der Waals surface area contributed by atoms with E-state index in [4.69, 9.17) is 0 Å². The molecule has 0 unspecified atom stereocenters. The number of pyridine rings is 1. The van der Waals surface area contributed by atoms with Crippen molar-refractivity contribution in [3.05, 3.63) is 53.7 Å². The van der Waals surface area contributed by atoms with Crippen molar-refractivity contribution >= 4 is 22.8 Å². The lowest BCUT2D eigenvalue weighted by Crippen LogP contribution is -2.14. The molecule has 120 valence electrons. The van der Waals surface area contributed by atoms with Gasteiger partial charge in [0.15, 0.2) is 5.82 Å². The molecular weight excluding hydrogens is 300 g/mol. The first-order valence-corrected chi connectivity index (χ1v) is 7.78. The van der Waals surface area contributed by atoms with Gasteiger partial charge in [-0.3, -0.25) is 4.98 Å². The van der Waals surface area contributed by atoms with Crippen LogP contribution in [0.3, 0.4) is 0 Å². The van der Waals surface area contributed by atoms with E-state index in [9.17, 15) is 5.26 Å². The molecule has 0 radical (unpaired) electrons. The molecule has 0 aliphatic rings. The molecule has 24 heavy (non-hydrogen) atoms. The molecule has 6 heteroatoms. The van der Waals surface area contributed by atoms with Crippen LogP contribution in [0.4, 0.5) is 11.8 Å². The third-order valence-corrected chi connectivity index (χ3v) is 3.46. The van der Waals surface area contributed by atoms with Gasteiger partial charge < -0.3 is 10.6 Å². The van der Waals surface area contributed by atoms with Crippen LogP contribution < -0.4 is 10.6 Å². The zero-order valence-electron chi connectivity index (χ0n) is 13.6. The summed E-state index contributed by atoms with van der Waals surface area (Å²) in [6.45, 7) is 4.56. The first-order chi connectivity index (χ1) is 11.7. The lowest BCUT2D eigenvalue weighted by Gasteiger charge is -2.13. The van der Waals surface area contributed by atoms with Crippen LogP contribution in [0, 0.1) is 11.3 Å². The first-order valence-electron chi connectivity index (χ1n) is 7.78. The molecule has 6 nitrogen and oxygen atoms in total. The van der Waals surface area contributed by atoms with Crippen molar-refractivity contribution in [2.75, 3.05) is 10.6 Å². The Balaban J connectivity index is 1.94. The number of nitriles is 1. The van der Waals surface area contributed by atoms with Gasteiger partial charge in [0.2, 0.25) is 5.95 Å². The second-order valence-corrected chi connectivity index (χ2v) is 5.69. The summed E-state index contributed by atoms with van der Waals surface area (Å²) in [6, 6.07) is 13.7. The molecule has 0 aliphatic carbocycles. The van der Waals surface area contributed by atoms with E-state index in [-0.39, 0.29) is 6.04 Å². The average Bonchev–Trinajstić information content (AvgIpc) is 2.59. The number of nitrogens with one attached hydrogen (secondary N) is 2. The molecule has 3 aromatic rings. The summed E-state index contributed by atoms with van der Waals surface area (Å²) in [5, 5.41) is 15.7. The maximum Gasteiger partial charge on any atom is 0.225 e. The van der Waals surface area contributed by atoms with Crippen molar-refractivity contribution in [2.24, 2.45) is 0 Å². The summed E-state index contributed by atoms with van der Waals surface area (Å²) in [7, 11) is 0. The third kappa shape index (κ3) is 3.41. The van der Waals surface area contributed by atoms with Crippen molar-refractivity contribution in [1.82, 2.24) is 15.0 Å². The summed E-state index contributed by atoms with van der Waals surface area (Å²) < 4.78 is 0. The Morgan fingerprint density at radius 2 is 1.96 bits per heavy atom. The molecule has 3 rings (SSSR count). The Labute approximate surface area is 140 Å². The Morgan fingerprint density at radius 1 is 1.12 bits per heavy atom. The highest BCUT2D eigenvalue weighted by Crippen LogP contribution is 2.21. The lowest BCUT2D eigenvalue weighted by atomic mass is 10.1. The van der Waals surface area contributed by atoms with Gasteiger partial charge in [-0.05, 0) is 37.6 Å². The smallest absolute Gasteiger partial charge is 0.225 e. The van der Waals surface area contributed by atoms with Gasteiger partial charge in [0.1, 0.15) is 5.52 Å². The highest BCUT2D eigenvalue weighted by Gasteiger charge is 2.10. The van der Waals surface area contributed by atoms with Gasteiger partial charge in [0.05, 0.1) is 17.1 Å². The molecule has 0 spiro atoms. The molecule has 2 N–H and O–H groups in total. The van der Waals surface area contributed by atoms with Gasteiger partial charge in [-0.2, -0.15) is 10.2 Å². The molecule has 1 aromatic carbocycles. The van der Waals surface area contributed by atoms with E-state index in [1.54, 1.807) is 12.3 Å². The fourth-order valence-electron chi connectivity index (χ4n) is 2.38. The Kier molecular flexibility index (Phi) is 4.52. The number of hydrogen-bond donors (Lipinski definition) is 2. The topological polar surface area (TPSA) is 86.5 Å². The number of fused-ring (bicyclic) bond motifs is 1. The van der Waals surface area contributed by atoms with E-state index < -0.39 is 0 Å². The second-order valence-electron chi connectivity index (χ2n) is 5.69. The van der Waals surface area contributed by atoms with Gasteiger partial charge in [-0.15, -0.1) is 0 Å². The highest BCUT2D eigenvalue weighted by atomic mass is 15.2. The van der Waals surface area contributed by atoms with Gasteiger partial charge >= 0.3 is 0 Å². The molecule has 2 aromatic heterocycles. The predicted molar refractivity (Wildman–Crippen MR) is 94.6 cm³/mol. The summed E-state index contributed by atoms with van der Waals surface area (Å²) in [4.78, 5) is 13.4. The average molecular weight is 318 g/mol. The van der Waals surface area contributed by atoms with Gasteiger partial charge in [0, 0.05) is 18.8 Å². The summed E-state index contributed by atoms with van der Waals surface area (Å²) in [6.07, 6.45) is 1.72. The number of hydrogen-bond acceptors (Lipinski definition) is 6. The van der Waals surface area contributed by atoms with Crippen molar-refractivity contribution in [2.45, 2.75) is 26.4 Å². The highest BCUT2D eigenvalue weighted by molar-refractivity contribution is 5.86. The number of anilines is 2. The molecule has 0 atom stereocenters. The van der Waals surface area contributed by atoms with E-state index in [1.165, 1.54) is 0 Å². The van der Waals surface area contributed by atoms with Crippen LogP contribution in [0.1, 0.15) is 25.0 Å². The lowest BCUT2D eigenvalue weighted by molar-refractivity contribution is 0.877. The van der Waals surface area contributed by atoms with Crippen LogP contribution in [0.5, 0.6) is 0 Å². The fraction of sp³-hybridized carbons (Fsp3) is 0.222. The molecular formula is C18H18N6. The molecule has 0 saturated heterocycles. The molecule has 0 fully saturated rings. The maximum atomic E-state index is 9.20. The van der Waals surface area contributed by atoms with Crippen LogP contribution in [0.15, 0.2) is 42.6 Å². The van der Waals surface area contributed by atoms with Crippen LogP contribution >= 0.6 is 0 Å². The minimum atomic E-state index is 0.228. The molecule has 0 amide bonds. The Bertz CT molecular complexity index is 897. The fourth-order valence-corrected chi connectivity index (χ4v) is 2.38. The monoisotopic (exact) mass is 318 g/mol. The van der Waals surface area contributed by atoms with Crippen LogP contribution in [-0.4, -0.2) is 21.0 Å². The Morgan fingerprint density at radius 3 is 2.75 bits per heavy atom. The van der Waals surface area contributed by atoms with E-state index >= 15 is 0 Å². The van der Waals surface area contributed by atoms with Crippen molar-refractivity contribution < 1.29 is 0 Å². The summed E-state index contributed by atoms with van der Waals surface area (Å²) in [5.41, 5.74) is 3.05. The van der Waals surface area contributed by atoms with Gasteiger partial charge in [-0.25, -0.2) is 4.98 Å². The summed E-state index contributed by atoms with van der Waals surface area (Å²) in [5.74, 6) is 1.21. The quantitative estimate of drug-likeness (QED) is 0.750. The van der Waals surface area contributed by atoms with E-state index in [0.29, 0.717) is 29.4 Å². The van der Waals surface area contributed by atoms with Gasteiger partial charge in [0.25, 0.3) is 0 Å². The van der Waals surface area contributed by atoms with Crippen molar-refractivity contribution in [3.63, 3.8) is 0 Å². The third-order valence-electron chi connectivity index (χ3n) is 3.46. The predicted octanol–water partition coefficient (Wildman–Crippen LogP) is 3.33. The molecule has 0 bridgehead atoms. The number of rotatable bonds is 5. The zero-order valence-corrected chi connectivity index (χ0v) is 13.6. The molecule has 0 aliphatic heterocycles. The largest absolute Gasteiger partial charge is 0.364 e. The van der Waals surface area contributed by atoms with Gasteiger partial charge in [-0.1, -0.05) is 18.2 Å². The number of benzene rings is 1. The zero-order chi connectivity index (χ0) is 16.9. The van der Waals surface area contributed by atoms with Crippen molar-refractivity contribution in [1.29, 1.82) is 5.26 Å². The minimum Gasteiger partial charge on any atom is -0.364 e. The minimum absolute atomic E-state index is 0.228. The van der Waals surface area contributed by atoms with E-state index in [1.807, 2.05) is 44.2 Å². The van der Waals surface area contributed by atoms with Crippen LogP contribution in [0.2, 0.25) is 0 Å². The van der Waals surface area contributed by atoms with E-state index in [2.05, 4.69) is 31.7 Å². The first kappa shape index (κ1) is 15.7. The molecule has 2 heterocycles.